The lowest BCUT2D eigenvalue weighted by Crippen LogP contribution is -2.00. The van der Waals surface area contributed by atoms with Crippen LogP contribution in [0.4, 0.5) is 0 Å². The number of furan rings is 1. The Morgan fingerprint density at radius 3 is 1.25 bits per heavy atom. The number of hydrogen-bond acceptors (Lipinski definition) is 6. The molecule has 0 amide bonds. The Labute approximate surface area is 439 Å². The van der Waals surface area contributed by atoms with Gasteiger partial charge in [0.05, 0.1) is 27.5 Å². The molecule has 0 spiro atoms. The topological polar surface area (TPSA) is 74.6 Å². The molecule has 6 heterocycles. The summed E-state index contributed by atoms with van der Waals surface area (Å²) < 4.78 is 13.3. The predicted molar refractivity (Wildman–Crippen MR) is 315 cm³/mol. The fourth-order valence-electron chi connectivity index (χ4n) is 11.0. The summed E-state index contributed by atoms with van der Waals surface area (Å²) in [4.78, 5) is 19.4. The van der Waals surface area contributed by atoms with Crippen molar-refractivity contribution in [3.8, 4) is 56.4 Å². The van der Waals surface area contributed by atoms with E-state index in [2.05, 4.69) is 215 Å². The first-order valence-electron chi connectivity index (χ1n) is 25.3. The molecule has 6 aromatic heterocycles. The maximum absolute atomic E-state index is 6.39. The number of thiophene rings is 1. The van der Waals surface area contributed by atoms with E-state index in [0.29, 0.717) is 11.9 Å². The molecule has 0 aliphatic carbocycles. The van der Waals surface area contributed by atoms with E-state index < -0.39 is 0 Å². The van der Waals surface area contributed by atoms with Crippen LogP contribution in [0.5, 0.6) is 0 Å². The normalized spacial score (nSPS) is 11.7. The maximum atomic E-state index is 6.39. The van der Waals surface area contributed by atoms with E-state index in [4.69, 9.17) is 24.4 Å². The minimum Gasteiger partial charge on any atom is -0.455 e. The zero-order valence-electron chi connectivity index (χ0n) is 40.7. The van der Waals surface area contributed by atoms with Gasteiger partial charge in [-0.1, -0.05) is 188 Å². The van der Waals surface area contributed by atoms with Crippen molar-refractivity contribution < 1.29 is 4.42 Å². The SMILES string of the molecule is c1ccc(-c2ccc(-c3cnc(-n4c5ccccc5c5c6oc7ccccc7c6ccc54)nc3)cc2)cc1.c1ccc(-c2ccc(-c3cnc(-n4c5ccccc5c5c6sc7ccccc7c6ccc54)nc3)cc2)cc1. The molecular formula is C68H42N6OS. The molecule has 0 unspecified atom stereocenters. The molecule has 8 heteroatoms. The lowest BCUT2D eigenvalue weighted by Gasteiger charge is -2.08. The van der Waals surface area contributed by atoms with Gasteiger partial charge in [0.1, 0.15) is 11.2 Å². The van der Waals surface area contributed by atoms with Crippen molar-refractivity contribution >= 4 is 97.1 Å². The van der Waals surface area contributed by atoms with Crippen LogP contribution < -0.4 is 0 Å². The highest BCUT2D eigenvalue weighted by Gasteiger charge is 2.21. The molecule has 0 aliphatic rings. The first-order valence-corrected chi connectivity index (χ1v) is 26.2. The van der Waals surface area contributed by atoms with Crippen LogP contribution in [0.1, 0.15) is 0 Å². The molecule has 0 fully saturated rings. The molecule has 7 nitrogen and oxygen atoms in total. The summed E-state index contributed by atoms with van der Waals surface area (Å²) in [5, 5.41) is 9.55. The zero-order chi connectivity index (χ0) is 50.1. The Kier molecular flexibility index (Phi) is 10.2. The lowest BCUT2D eigenvalue weighted by atomic mass is 10.0. The number of rotatable bonds is 6. The lowest BCUT2D eigenvalue weighted by molar-refractivity contribution is 0.673. The van der Waals surface area contributed by atoms with Crippen LogP contribution >= 0.6 is 11.3 Å². The second kappa shape index (κ2) is 17.9. The van der Waals surface area contributed by atoms with Gasteiger partial charge in [0.2, 0.25) is 11.9 Å². The van der Waals surface area contributed by atoms with Gasteiger partial charge in [-0.3, -0.25) is 9.13 Å². The van der Waals surface area contributed by atoms with E-state index in [1.165, 1.54) is 53.2 Å². The average Bonchev–Trinajstić information content (AvgIpc) is 4.29. The molecule has 0 saturated carbocycles. The first kappa shape index (κ1) is 43.6. The van der Waals surface area contributed by atoms with Crippen molar-refractivity contribution in [2.45, 2.75) is 0 Å². The third-order valence-electron chi connectivity index (χ3n) is 14.7. The van der Waals surface area contributed by atoms with Crippen molar-refractivity contribution in [2.75, 3.05) is 0 Å². The molecule has 0 atom stereocenters. The highest BCUT2D eigenvalue weighted by Crippen LogP contribution is 2.44. The summed E-state index contributed by atoms with van der Waals surface area (Å²) in [5.74, 6) is 1.32. The van der Waals surface area contributed by atoms with Gasteiger partial charge in [0.15, 0.2) is 0 Å². The van der Waals surface area contributed by atoms with Crippen LogP contribution in [0.2, 0.25) is 0 Å². The summed E-state index contributed by atoms with van der Waals surface area (Å²) in [6.45, 7) is 0. The van der Waals surface area contributed by atoms with Crippen molar-refractivity contribution in [1.82, 2.24) is 29.1 Å². The van der Waals surface area contributed by atoms with Gasteiger partial charge in [-0.05, 0) is 75.8 Å². The standard InChI is InChI=1S/C34H21N3O.C34H21N3S/c2*1-2-8-22(9-3-1)23-14-16-24(17-15-23)25-20-35-34(36-21-25)37-29-12-6-4-11-28(29)32-30(37)19-18-27-26-10-5-7-13-31(26)38-33(27)32/h2*1-21H. The number of hydrogen-bond donors (Lipinski definition) is 0. The van der Waals surface area contributed by atoms with Crippen molar-refractivity contribution in [3.05, 3.63) is 255 Å². The molecule has 10 aromatic carbocycles. The number of para-hydroxylation sites is 3. The summed E-state index contributed by atoms with van der Waals surface area (Å²) in [6.07, 6.45) is 7.66. The number of aromatic nitrogens is 6. The predicted octanol–water partition coefficient (Wildman–Crippen LogP) is 18.1. The Morgan fingerprint density at radius 1 is 0.289 bits per heavy atom. The Balaban J connectivity index is 0.000000133. The number of benzene rings is 10. The molecule has 0 radical (unpaired) electrons. The minimum atomic E-state index is 0.635. The highest BCUT2D eigenvalue weighted by atomic mass is 32.1. The van der Waals surface area contributed by atoms with Gasteiger partial charge in [0.25, 0.3) is 0 Å². The first-order chi connectivity index (χ1) is 37.7. The Hall–Kier alpha value is -10.0. The average molecular weight is 991 g/mol. The largest absolute Gasteiger partial charge is 0.455 e. The van der Waals surface area contributed by atoms with Crippen LogP contribution in [0.15, 0.2) is 260 Å². The summed E-state index contributed by atoms with van der Waals surface area (Å²) in [6, 6.07) is 80.5. The van der Waals surface area contributed by atoms with E-state index in [9.17, 15) is 0 Å². The van der Waals surface area contributed by atoms with E-state index in [1.807, 2.05) is 60.4 Å². The molecule has 0 saturated heterocycles. The number of nitrogens with zero attached hydrogens (tertiary/aromatic N) is 6. The van der Waals surface area contributed by atoms with Crippen LogP contribution in [0, 0.1) is 0 Å². The van der Waals surface area contributed by atoms with E-state index in [-0.39, 0.29) is 0 Å². The molecule has 0 aliphatic heterocycles. The van der Waals surface area contributed by atoms with Crippen LogP contribution in [0.3, 0.4) is 0 Å². The molecule has 76 heavy (non-hydrogen) atoms. The van der Waals surface area contributed by atoms with Gasteiger partial charge < -0.3 is 4.42 Å². The van der Waals surface area contributed by atoms with E-state index in [0.717, 1.165) is 77.0 Å². The van der Waals surface area contributed by atoms with Gasteiger partial charge in [-0.2, -0.15) is 0 Å². The van der Waals surface area contributed by atoms with Gasteiger partial charge >= 0.3 is 0 Å². The van der Waals surface area contributed by atoms with Gasteiger partial charge in [-0.15, -0.1) is 11.3 Å². The fourth-order valence-corrected chi connectivity index (χ4v) is 12.3. The number of fused-ring (bicyclic) bond motifs is 14. The van der Waals surface area contributed by atoms with Gasteiger partial charge in [-0.25, -0.2) is 19.9 Å². The van der Waals surface area contributed by atoms with Crippen LogP contribution in [-0.4, -0.2) is 29.1 Å². The summed E-state index contributed by atoms with van der Waals surface area (Å²) in [7, 11) is 0. The monoisotopic (exact) mass is 990 g/mol. The fraction of sp³-hybridized carbons (Fsp3) is 0. The van der Waals surface area contributed by atoms with Crippen LogP contribution in [-0.2, 0) is 0 Å². The summed E-state index contributed by atoms with van der Waals surface area (Å²) >= 11 is 1.86. The molecular weight excluding hydrogens is 949 g/mol. The maximum Gasteiger partial charge on any atom is 0.234 e. The van der Waals surface area contributed by atoms with E-state index in [1.54, 1.807) is 0 Å². The van der Waals surface area contributed by atoms with Crippen molar-refractivity contribution in [2.24, 2.45) is 0 Å². The molecule has 16 aromatic rings. The third kappa shape index (κ3) is 7.18. The second-order valence-corrected chi connectivity index (χ2v) is 20.1. The van der Waals surface area contributed by atoms with Gasteiger partial charge in [0, 0.05) is 83.0 Å². The zero-order valence-corrected chi connectivity index (χ0v) is 41.6. The molecule has 16 rings (SSSR count). The Morgan fingerprint density at radius 2 is 0.697 bits per heavy atom. The summed E-state index contributed by atoms with van der Waals surface area (Å²) in [5.41, 5.74) is 15.1. The quantitative estimate of drug-likeness (QED) is 0.166. The Bertz CT molecular complexity index is 4520. The van der Waals surface area contributed by atoms with E-state index >= 15 is 0 Å². The highest BCUT2D eigenvalue weighted by molar-refractivity contribution is 7.26. The molecule has 0 bridgehead atoms. The smallest absolute Gasteiger partial charge is 0.234 e. The van der Waals surface area contributed by atoms with Crippen LogP contribution in [0.25, 0.3) is 142 Å². The second-order valence-electron chi connectivity index (χ2n) is 19.0. The minimum absolute atomic E-state index is 0.635. The molecule has 356 valence electrons. The molecule has 0 N–H and O–H groups in total. The third-order valence-corrected chi connectivity index (χ3v) is 15.9. The van der Waals surface area contributed by atoms with Crippen molar-refractivity contribution in [1.29, 1.82) is 0 Å². The van der Waals surface area contributed by atoms with Crippen molar-refractivity contribution in [3.63, 3.8) is 0 Å².